The maximum atomic E-state index is 13.2. The molecule has 2 rings (SSSR count). The maximum Gasteiger partial charge on any atom is 0.243 e. The molecule has 0 bridgehead atoms. The average Bonchev–Trinajstić information content (AvgIpc) is 2.79. The van der Waals surface area contributed by atoms with E-state index in [4.69, 9.17) is 4.74 Å². The van der Waals surface area contributed by atoms with Crippen molar-refractivity contribution in [2.24, 2.45) is 0 Å². The molecule has 0 radical (unpaired) electrons. The van der Waals surface area contributed by atoms with Crippen LogP contribution in [0.5, 0.6) is 5.75 Å². The molecule has 0 fully saturated rings. The van der Waals surface area contributed by atoms with Crippen molar-refractivity contribution in [2.75, 3.05) is 12.9 Å². The van der Waals surface area contributed by atoms with Crippen LogP contribution in [0.25, 0.3) is 0 Å². The van der Waals surface area contributed by atoms with E-state index < -0.39 is 6.04 Å². The molecule has 168 valence electrons. The third-order valence-corrected chi connectivity index (χ3v) is 6.22. The van der Waals surface area contributed by atoms with Crippen LogP contribution in [0.15, 0.2) is 54.6 Å². The molecule has 2 amide bonds. The van der Waals surface area contributed by atoms with Crippen molar-refractivity contribution >= 4 is 23.6 Å². The first-order valence-corrected chi connectivity index (χ1v) is 12.0. The Hall–Kier alpha value is -2.47. The SMILES string of the molecule is CCC(C)NC(=O)C(CC)N(Cc1ccccc1)C(=O)CSCc1ccc(OC)cc1. The summed E-state index contributed by atoms with van der Waals surface area (Å²) < 4.78 is 5.19. The molecule has 1 N–H and O–H groups in total. The number of hydrogen-bond donors (Lipinski definition) is 1. The number of ether oxygens (including phenoxy) is 1. The predicted octanol–water partition coefficient (Wildman–Crippen LogP) is 4.65. The number of hydrogen-bond acceptors (Lipinski definition) is 4. The van der Waals surface area contributed by atoms with E-state index in [-0.39, 0.29) is 17.9 Å². The van der Waals surface area contributed by atoms with Crippen molar-refractivity contribution in [3.05, 3.63) is 65.7 Å². The number of carbonyl (C=O) groups is 2. The summed E-state index contributed by atoms with van der Waals surface area (Å²) in [5.41, 5.74) is 2.15. The van der Waals surface area contributed by atoms with E-state index in [0.717, 1.165) is 29.1 Å². The highest BCUT2D eigenvalue weighted by atomic mass is 32.2. The van der Waals surface area contributed by atoms with Crippen molar-refractivity contribution in [3.8, 4) is 5.75 Å². The van der Waals surface area contributed by atoms with E-state index in [1.165, 1.54) is 0 Å². The summed E-state index contributed by atoms with van der Waals surface area (Å²) in [6.07, 6.45) is 1.43. The maximum absolute atomic E-state index is 13.2. The Bertz CT molecular complexity index is 811. The van der Waals surface area contributed by atoms with Crippen LogP contribution in [0.4, 0.5) is 0 Å². The molecule has 0 aromatic heterocycles. The molecule has 2 atom stereocenters. The van der Waals surface area contributed by atoms with Gasteiger partial charge in [0.25, 0.3) is 0 Å². The summed E-state index contributed by atoms with van der Waals surface area (Å²) in [7, 11) is 1.64. The van der Waals surface area contributed by atoms with Gasteiger partial charge in [0.15, 0.2) is 0 Å². The molecule has 0 aliphatic carbocycles. The Balaban J connectivity index is 2.08. The van der Waals surface area contributed by atoms with Crippen LogP contribution in [0, 0.1) is 0 Å². The normalized spacial score (nSPS) is 12.6. The first-order valence-electron chi connectivity index (χ1n) is 10.8. The molecule has 0 aliphatic heterocycles. The minimum atomic E-state index is -0.483. The van der Waals surface area contributed by atoms with Crippen LogP contribution >= 0.6 is 11.8 Å². The smallest absolute Gasteiger partial charge is 0.243 e. The molecule has 0 spiro atoms. The Morgan fingerprint density at radius 3 is 2.26 bits per heavy atom. The molecule has 0 aliphatic rings. The van der Waals surface area contributed by atoms with Gasteiger partial charge in [-0.05, 0) is 43.0 Å². The van der Waals surface area contributed by atoms with E-state index >= 15 is 0 Å². The molecule has 0 saturated carbocycles. The lowest BCUT2D eigenvalue weighted by molar-refractivity contribution is -0.139. The number of carbonyl (C=O) groups excluding carboxylic acids is 2. The first-order chi connectivity index (χ1) is 15.0. The van der Waals surface area contributed by atoms with Crippen LogP contribution in [0.2, 0.25) is 0 Å². The molecule has 2 unspecified atom stereocenters. The second-order valence-corrected chi connectivity index (χ2v) is 8.58. The van der Waals surface area contributed by atoms with Gasteiger partial charge in [-0.25, -0.2) is 0 Å². The van der Waals surface area contributed by atoms with Crippen molar-refractivity contribution in [1.82, 2.24) is 10.2 Å². The van der Waals surface area contributed by atoms with Gasteiger partial charge >= 0.3 is 0 Å². The number of methoxy groups -OCH3 is 1. The van der Waals surface area contributed by atoms with Crippen molar-refractivity contribution in [2.45, 2.75) is 58.0 Å². The third-order valence-electron chi connectivity index (χ3n) is 5.24. The molecule has 2 aromatic rings. The molecule has 31 heavy (non-hydrogen) atoms. The monoisotopic (exact) mass is 442 g/mol. The number of benzene rings is 2. The summed E-state index contributed by atoms with van der Waals surface area (Å²) in [5, 5.41) is 3.04. The average molecular weight is 443 g/mol. The fourth-order valence-electron chi connectivity index (χ4n) is 3.20. The van der Waals surface area contributed by atoms with Gasteiger partial charge in [-0.15, -0.1) is 11.8 Å². The van der Waals surface area contributed by atoms with Crippen LogP contribution in [0.1, 0.15) is 44.7 Å². The number of rotatable bonds is 12. The van der Waals surface area contributed by atoms with Crippen molar-refractivity contribution in [1.29, 1.82) is 0 Å². The topological polar surface area (TPSA) is 58.6 Å². The largest absolute Gasteiger partial charge is 0.497 e. The number of amides is 2. The lowest BCUT2D eigenvalue weighted by Gasteiger charge is -2.31. The highest BCUT2D eigenvalue weighted by molar-refractivity contribution is 7.99. The zero-order valence-corrected chi connectivity index (χ0v) is 19.8. The van der Waals surface area contributed by atoms with Crippen molar-refractivity contribution in [3.63, 3.8) is 0 Å². The minimum Gasteiger partial charge on any atom is -0.497 e. The molecule has 0 saturated heterocycles. The highest BCUT2D eigenvalue weighted by Gasteiger charge is 2.29. The summed E-state index contributed by atoms with van der Waals surface area (Å²) in [6, 6.07) is 17.3. The molecule has 5 nitrogen and oxygen atoms in total. The Morgan fingerprint density at radius 2 is 1.68 bits per heavy atom. The van der Waals surface area contributed by atoms with E-state index in [0.29, 0.717) is 18.7 Å². The van der Waals surface area contributed by atoms with Crippen LogP contribution in [-0.2, 0) is 21.9 Å². The summed E-state index contributed by atoms with van der Waals surface area (Å²) >= 11 is 1.56. The van der Waals surface area contributed by atoms with Crippen LogP contribution in [-0.4, -0.2) is 41.7 Å². The molecular weight excluding hydrogens is 408 g/mol. The third kappa shape index (κ3) is 7.94. The fraction of sp³-hybridized carbons (Fsp3) is 0.440. The van der Waals surface area contributed by atoms with Crippen LogP contribution in [0.3, 0.4) is 0 Å². The second kappa shape index (κ2) is 13.1. The summed E-state index contributed by atoms with van der Waals surface area (Å²) in [4.78, 5) is 27.8. The molecular formula is C25H34N2O3S. The molecule has 6 heteroatoms. The van der Waals surface area contributed by atoms with Gasteiger partial charge in [0.1, 0.15) is 11.8 Å². The summed E-state index contributed by atoms with van der Waals surface area (Å²) in [6.45, 7) is 6.40. The Kier molecular flexibility index (Phi) is 10.4. The quantitative estimate of drug-likeness (QED) is 0.520. The second-order valence-electron chi connectivity index (χ2n) is 7.59. The van der Waals surface area contributed by atoms with Gasteiger partial charge in [-0.3, -0.25) is 9.59 Å². The van der Waals surface area contributed by atoms with Gasteiger partial charge in [-0.1, -0.05) is 56.3 Å². The van der Waals surface area contributed by atoms with Gasteiger partial charge in [0.05, 0.1) is 12.9 Å². The Morgan fingerprint density at radius 1 is 1.00 bits per heavy atom. The van der Waals surface area contributed by atoms with E-state index in [1.54, 1.807) is 23.8 Å². The van der Waals surface area contributed by atoms with Gasteiger partial charge in [0, 0.05) is 18.3 Å². The van der Waals surface area contributed by atoms with Gasteiger partial charge in [0.2, 0.25) is 11.8 Å². The van der Waals surface area contributed by atoms with Crippen molar-refractivity contribution < 1.29 is 14.3 Å². The number of nitrogens with zero attached hydrogens (tertiary/aromatic N) is 1. The van der Waals surface area contributed by atoms with E-state index in [9.17, 15) is 9.59 Å². The first kappa shape index (κ1) is 24.8. The van der Waals surface area contributed by atoms with Gasteiger partial charge < -0.3 is 15.0 Å². The predicted molar refractivity (Wildman–Crippen MR) is 128 cm³/mol. The standard InChI is InChI=1S/C25H34N2O3S/c1-5-19(3)26-25(29)23(6-2)27(16-20-10-8-7-9-11-20)24(28)18-31-17-21-12-14-22(30-4)15-13-21/h7-15,19,23H,5-6,16-18H2,1-4H3,(H,26,29). The minimum absolute atomic E-state index is 0.0199. The zero-order chi connectivity index (χ0) is 22.6. The molecule has 2 aromatic carbocycles. The summed E-state index contributed by atoms with van der Waals surface area (Å²) in [5.74, 6) is 1.77. The Labute approximate surface area is 190 Å². The number of nitrogens with one attached hydrogen (secondary N) is 1. The fourth-order valence-corrected chi connectivity index (χ4v) is 4.07. The highest BCUT2D eigenvalue weighted by Crippen LogP contribution is 2.19. The van der Waals surface area contributed by atoms with Gasteiger partial charge in [-0.2, -0.15) is 0 Å². The van der Waals surface area contributed by atoms with E-state index in [1.807, 2.05) is 75.4 Å². The zero-order valence-electron chi connectivity index (χ0n) is 19.0. The molecule has 0 heterocycles. The van der Waals surface area contributed by atoms with E-state index in [2.05, 4.69) is 5.32 Å². The lowest BCUT2D eigenvalue weighted by Crippen LogP contribution is -2.51. The lowest BCUT2D eigenvalue weighted by atomic mass is 10.1. The number of thioether (sulfide) groups is 1. The van der Waals surface area contributed by atoms with Crippen LogP contribution < -0.4 is 10.1 Å².